The van der Waals surface area contributed by atoms with Crippen LogP contribution in [0.2, 0.25) is 0 Å². The SMILES string of the molecule is C/C(=N/O)c1ccc(F)cc1. The second-order valence-corrected chi connectivity index (χ2v) is 2.19. The number of rotatable bonds is 1. The van der Waals surface area contributed by atoms with Crippen LogP contribution in [0.5, 0.6) is 0 Å². The van der Waals surface area contributed by atoms with Gasteiger partial charge in [0.1, 0.15) is 5.82 Å². The fraction of sp³-hybridized carbons (Fsp3) is 0.125. The lowest BCUT2D eigenvalue weighted by Gasteiger charge is -1.95. The van der Waals surface area contributed by atoms with Crippen LogP contribution >= 0.6 is 0 Å². The van der Waals surface area contributed by atoms with Crippen molar-refractivity contribution >= 4 is 5.71 Å². The predicted molar refractivity (Wildman–Crippen MR) is 40.4 cm³/mol. The lowest BCUT2D eigenvalue weighted by atomic mass is 10.1. The molecule has 0 aromatic heterocycles. The van der Waals surface area contributed by atoms with Gasteiger partial charge in [0.25, 0.3) is 0 Å². The molecule has 0 amide bonds. The Labute approximate surface area is 64.0 Å². The van der Waals surface area contributed by atoms with E-state index in [0.29, 0.717) is 11.3 Å². The maximum Gasteiger partial charge on any atom is 0.123 e. The van der Waals surface area contributed by atoms with Gasteiger partial charge in [0, 0.05) is 0 Å². The highest BCUT2D eigenvalue weighted by Crippen LogP contribution is 2.03. The summed E-state index contributed by atoms with van der Waals surface area (Å²) < 4.78 is 12.4. The van der Waals surface area contributed by atoms with Crippen molar-refractivity contribution in [2.45, 2.75) is 6.92 Å². The van der Waals surface area contributed by atoms with Crippen LogP contribution in [0.1, 0.15) is 12.5 Å². The van der Waals surface area contributed by atoms with E-state index in [1.54, 1.807) is 19.1 Å². The molecule has 0 spiro atoms. The number of hydrogen-bond donors (Lipinski definition) is 1. The molecule has 3 heteroatoms. The molecule has 0 aliphatic rings. The molecule has 1 N–H and O–H groups in total. The third-order valence-corrected chi connectivity index (χ3v) is 1.41. The van der Waals surface area contributed by atoms with Crippen LogP contribution in [0.3, 0.4) is 0 Å². The van der Waals surface area contributed by atoms with E-state index in [2.05, 4.69) is 5.16 Å². The van der Waals surface area contributed by atoms with Crippen molar-refractivity contribution in [1.29, 1.82) is 0 Å². The second kappa shape index (κ2) is 3.14. The minimum Gasteiger partial charge on any atom is -0.411 e. The third kappa shape index (κ3) is 1.77. The average Bonchev–Trinajstić information content (AvgIpc) is 2.05. The van der Waals surface area contributed by atoms with Crippen molar-refractivity contribution in [3.63, 3.8) is 0 Å². The molecule has 58 valence electrons. The molecule has 0 saturated carbocycles. The van der Waals surface area contributed by atoms with Crippen molar-refractivity contribution < 1.29 is 9.60 Å². The smallest absolute Gasteiger partial charge is 0.123 e. The number of nitrogens with zero attached hydrogens (tertiary/aromatic N) is 1. The summed E-state index contributed by atoms with van der Waals surface area (Å²) in [5.41, 5.74) is 1.19. The minimum atomic E-state index is -0.292. The molecule has 11 heavy (non-hydrogen) atoms. The van der Waals surface area contributed by atoms with Gasteiger partial charge >= 0.3 is 0 Å². The molecule has 0 radical (unpaired) electrons. The Morgan fingerprint density at radius 3 is 2.36 bits per heavy atom. The van der Waals surface area contributed by atoms with E-state index in [9.17, 15) is 4.39 Å². The molecule has 0 fully saturated rings. The molecule has 0 atom stereocenters. The van der Waals surface area contributed by atoms with Gasteiger partial charge in [0.05, 0.1) is 5.71 Å². The Balaban J connectivity index is 2.99. The van der Waals surface area contributed by atoms with E-state index in [1.807, 2.05) is 0 Å². The first-order valence-electron chi connectivity index (χ1n) is 3.18. The Morgan fingerprint density at radius 1 is 1.36 bits per heavy atom. The van der Waals surface area contributed by atoms with E-state index < -0.39 is 0 Å². The van der Waals surface area contributed by atoms with E-state index in [1.165, 1.54) is 12.1 Å². The van der Waals surface area contributed by atoms with Crippen molar-refractivity contribution in [2.24, 2.45) is 5.16 Å². The number of halogens is 1. The van der Waals surface area contributed by atoms with Gasteiger partial charge < -0.3 is 5.21 Å². The Kier molecular flexibility index (Phi) is 2.21. The van der Waals surface area contributed by atoms with Gasteiger partial charge in [-0.05, 0) is 24.6 Å². The number of hydrogen-bond acceptors (Lipinski definition) is 2. The third-order valence-electron chi connectivity index (χ3n) is 1.41. The van der Waals surface area contributed by atoms with Crippen LogP contribution in [0.15, 0.2) is 29.4 Å². The highest BCUT2D eigenvalue weighted by atomic mass is 19.1. The van der Waals surface area contributed by atoms with Gasteiger partial charge in [-0.2, -0.15) is 0 Å². The highest BCUT2D eigenvalue weighted by Gasteiger charge is 1.96. The van der Waals surface area contributed by atoms with Crippen LogP contribution in [-0.4, -0.2) is 10.9 Å². The van der Waals surface area contributed by atoms with Crippen LogP contribution in [0, 0.1) is 5.82 Å². The van der Waals surface area contributed by atoms with Gasteiger partial charge in [-0.3, -0.25) is 0 Å². The van der Waals surface area contributed by atoms with E-state index in [0.717, 1.165) is 0 Å². The topological polar surface area (TPSA) is 32.6 Å². The van der Waals surface area contributed by atoms with Crippen LogP contribution in [0.4, 0.5) is 4.39 Å². The summed E-state index contributed by atoms with van der Waals surface area (Å²) in [6.45, 7) is 1.65. The van der Waals surface area contributed by atoms with Crippen molar-refractivity contribution in [1.82, 2.24) is 0 Å². The summed E-state index contributed by atoms with van der Waals surface area (Å²) in [4.78, 5) is 0. The zero-order valence-corrected chi connectivity index (χ0v) is 6.08. The average molecular weight is 153 g/mol. The first kappa shape index (κ1) is 7.72. The Hall–Kier alpha value is -1.38. The molecule has 1 aromatic carbocycles. The van der Waals surface area contributed by atoms with Crippen molar-refractivity contribution in [3.05, 3.63) is 35.6 Å². The molecule has 0 aliphatic carbocycles. The summed E-state index contributed by atoms with van der Waals surface area (Å²) in [7, 11) is 0. The first-order valence-corrected chi connectivity index (χ1v) is 3.18. The molecule has 1 rings (SSSR count). The summed E-state index contributed by atoms with van der Waals surface area (Å²) >= 11 is 0. The summed E-state index contributed by atoms with van der Waals surface area (Å²) in [6.07, 6.45) is 0. The standard InChI is InChI=1S/C8H8FNO/c1-6(10-11)7-2-4-8(9)5-3-7/h2-5,11H,1H3/b10-6-. The quantitative estimate of drug-likeness (QED) is 0.373. The molecule has 0 saturated heterocycles. The molecule has 2 nitrogen and oxygen atoms in total. The maximum absolute atomic E-state index is 12.4. The Morgan fingerprint density at radius 2 is 1.91 bits per heavy atom. The lowest BCUT2D eigenvalue weighted by Crippen LogP contribution is -1.93. The van der Waals surface area contributed by atoms with E-state index in [4.69, 9.17) is 5.21 Å². The number of benzene rings is 1. The van der Waals surface area contributed by atoms with Gasteiger partial charge in [-0.25, -0.2) is 4.39 Å². The summed E-state index contributed by atoms with van der Waals surface area (Å²) in [6, 6.07) is 5.77. The molecule has 1 aromatic rings. The molecule has 0 heterocycles. The van der Waals surface area contributed by atoms with Gasteiger partial charge in [0.2, 0.25) is 0 Å². The van der Waals surface area contributed by atoms with Crippen LogP contribution in [-0.2, 0) is 0 Å². The largest absolute Gasteiger partial charge is 0.411 e. The van der Waals surface area contributed by atoms with Crippen LogP contribution in [0.25, 0.3) is 0 Å². The monoisotopic (exact) mass is 153 g/mol. The summed E-state index contributed by atoms with van der Waals surface area (Å²) in [5, 5.41) is 11.3. The van der Waals surface area contributed by atoms with Gasteiger partial charge in [-0.1, -0.05) is 17.3 Å². The highest BCUT2D eigenvalue weighted by molar-refractivity contribution is 5.98. The first-order chi connectivity index (χ1) is 5.24. The molecule has 0 bridgehead atoms. The predicted octanol–water partition coefficient (Wildman–Crippen LogP) is 2.02. The summed E-state index contributed by atoms with van der Waals surface area (Å²) in [5.74, 6) is -0.292. The molecular weight excluding hydrogens is 145 g/mol. The van der Waals surface area contributed by atoms with Crippen LogP contribution < -0.4 is 0 Å². The fourth-order valence-electron chi connectivity index (χ4n) is 0.749. The zero-order valence-electron chi connectivity index (χ0n) is 6.08. The van der Waals surface area contributed by atoms with E-state index in [-0.39, 0.29) is 5.82 Å². The van der Waals surface area contributed by atoms with Gasteiger partial charge in [0.15, 0.2) is 0 Å². The van der Waals surface area contributed by atoms with E-state index >= 15 is 0 Å². The molecular formula is C8H8FNO. The van der Waals surface area contributed by atoms with Crippen molar-refractivity contribution in [2.75, 3.05) is 0 Å². The lowest BCUT2D eigenvalue weighted by molar-refractivity contribution is 0.319. The molecule has 0 aliphatic heterocycles. The Bertz CT molecular complexity index is 266. The maximum atomic E-state index is 12.4. The fourth-order valence-corrected chi connectivity index (χ4v) is 0.749. The minimum absolute atomic E-state index is 0.292. The van der Waals surface area contributed by atoms with Crippen molar-refractivity contribution in [3.8, 4) is 0 Å². The van der Waals surface area contributed by atoms with Gasteiger partial charge in [-0.15, -0.1) is 0 Å². The second-order valence-electron chi connectivity index (χ2n) is 2.19. The zero-order chi connectivity index (χ0) is 8.27. The normalized spacial score (nSPS) is 11.6. The number of oxime groups is 1. The molecule has 0 unspecified atom stereocenters.